The molecule has 3 aromatic rings. The molecule has 0 saturated carbocycles. The molecule has 0 aliphatic carbocycles. The monoisotopic (exact) mass is 583 g/mol. The molecule has 13 heteroatoms. The third-order valence-corrected chi connectivity index (χ3v) is 9.19. The van der Waals surface area contributed by atoms with Crippen LogP contribution in [0.15, 0.2) is 42.7 Å². The van der Waals surface area contributed by atoms with Gasteiger partial charge in [0.05, 0.1) is 6.16 Å². The number of likely N-dealkylation sites (tertiary alicyclic amines) is 1. The highest BCUT2D eigenvalue weighted by Crippen LogP contribution is 2.40. The van der Waals surface area contributed by atoms with Gasteiger partial charge in [-0.2, -0.15) is 0 Å². The maximum Gasteiger partial charge on any atom is 0.330 e. The van der Waals surface area contributed by atoms with Gasteiger partial charge in [-0.05, 0) is 61.9 Å². The fourth-order valence-corrected chi connectivity index (χ4v) is 7.02. The van der Waals surface area contributed by atoms with Crippen molar-refractivity contribution in [2.24, 2.45) is 0 Å². The summed E-state index contributed by atoms with van der Waals surface area (Å²) in [5, 5.41) is 3.21. The molecule has 3 atom stereocenters. The SMILES string of the molecule is O=C(N[C@H]1CCC[C@H]2CC[C@@H](C(=O)N3CC(c4cccnc4)C3)N2C1=O)c1cc2cc(CP(=O)(O)O)c(F)cc2[nH]1. The van der Waals surface area contributed by atoms with Gasteiger partial charge >= 0.3 is 7.60 Å². The first kappa shape index (κ1) is 27.6. The second-order valence-electron chi connectivity index (χ2n) is 11.2. The lowest BCUT2D eigenvalue weighted by Gasteiger charge is -2.42. The average molecular weight is 584 g/mol. The number of amides is 3. The van der Waals surface area contributed by atoms with Gasteiger partial charge in [0.25, 0.3) is 5.91 Å². The first-order valence-electron chi connectivity index (χ1n) is 13.7. The standard InChI is InChI=1S/C28H31FN5O6P/c29-21-11-23-17(9-18(21)15-41(38,39)40)10-24(31-23)26(35)32-22-5-1-4-20-6-7-25(34(20)27(22)36)28(37)33-13-19(14-33)16-3-2-8-30-12-16/h2-3,8-12,19-20,22,25,31H,1,4-7,13-15H2,(H,32,35)(H2,38,39,40)/t20-,22-,25-/m0/s1. The molecular formula is C28H31FN5O6P. The number of pyridine rings is 1. The van der Waals surface area contributed by atoms with Crippen LogP contribution in [0.1, 0.15) is 59.6 Å². The van der Waals surface area contributed by atoms with Crippen LogP contribution in [0.25, 0.3) is 10.9 Å². The average Bonchev–Trinajstić information content (AvgIpc) is 3.47. The zero-order valence-electron chi connectivity index (χ0n) is 22.2. The van der Waals surface area contributed by atoms with Gasteiger partial charge < -0.3 is 29.9 Å². The van der Waals surface area contributed by atoms with Crippen molar-refractivity contribution >= 4 is 36.2 Å². The summed E-state index contributed by atoms with van der Waals surface area (Å²) in [5.74, 6) is -1.45. The molecule has 6 rings (SSSR count). The van der Waals surface area contributed by atoms with Crippen LogP contribution in [0.5, 0.6) is 0 Å². The van der Waals surface area contributed by atoms with E-state index in [2.05, 4.69) is 15.3 Å². The number of benzene rings is 1. The lowest BCUT2D eigenvalue weighted by atomic mass is 9.92. The Morgan fingerprint density at radius 1 is 1.15 bits per heavy atom. The molecule has 0 bridgehead atoms. The number of nitrogens with one attached hydrogen (secondary N) is 2. The molecule has 0 radical (unpaired) electrons. The molecule has 3 aliphatic rings. The molecule has 3 fully saturated rings. The van der Waals surface area contributed by atoms with Crippen molar-refractivity contribution in [2.75, 3.05) is 13.1 Å². The third kappa shape index (κ3) is 5.51. The minimum atomic E-state index is -4.48. The van der Waals surface area contributed by atoms with Crippen molar-refractivity contribution < 1.29 is 33.1 Å². The lowest BCUT2D eigenvalue weighted by Crippen LogP contribution is -2.58. The summed E-state index contributed by atoms with van der Waals surface area (Å²) in [6.07, 6.45) is 6.02. The van der Waals surface area contributed by atoms with Gasteiger partial charge in [0.15, 0.2) is 0 Å². The number of nitrogens with zero attached hydrogens (tertiary/aromatic N) is 3. The molecule has 3 amide bonds. The van der Waals surface area contributed by atoms with Crippen molar-refractivity contribution in [1.82, 2.24) is 25.1 Å². The molecule has 0 unspecified atom stereocenters. The van der Waals surface area contributed by atoms with Crippen molar-refractivity contribution in [3.63, 3.8) is 0 Å². The quantitative estimate of drug-likeness (QED) is 0.325. The van der Waals surface area contributed by atoms with Crippen LogP contribution in [0.2, 0.25) is 0 Å². The predicted octanol–water partition coefficient (Wildman–Crippen LogP) is 2.65. The number of hydrogen-bond acceptors (Lipinski definition) is 5. The third-order valence-electron chi connectivity index (χ3n) is 8.43. The van der Waals surface area contributed by atoms with Crippen molar-refractivity contribution in [2.45, 2.75) is 62.3 Å². The van der Waals surface area contributed by atoms with E-state index in [0.29, 0.717) is 36.8 Å². The highest BCUT2D eigenvalue weighted by Gasteiger charge is 2.47. The molecule has 5 heterocycles. The van der Waals surface area contributed by atoms with E-state index in [1.807, 2.05) is 18.3 Å². The first-order valence-corrected chi connectivity index (χ1v) is 15.5. The molecule has 4 N–H and O–H groups in total. The van der Waals surface area contributed by atoms with Crippen molar-refractivity contribution in [1.29, 1.82) is 0 Å². The maximum absolute atomic E-state index is 14.4. The Balaban J connectivity index is 1.14. The molecule has 11 nitrogen and oxygen atoms in total. The fraction of sp³-hybridized carbons (Fsp3) is 0.429. The number of H-pyrrole nitrogens is 1. The summed E-state index contributed by atoms with van der Waals surface area (Å²) in [5.41, 5.74) is 1.32. The summed E-state index contributed by atoms with van der Waals surface area (Å²) in [7, 11) is -4.48. The summed E-state index contributed by atoms with van der Waals surface area (Å²) < 4.78 is 25.8. The normalized spacial score (nSPS) is 23.3. The largest absolute Gasteiger partial charge is 0.350 e. The van der Waals surface area contributed by atoms with E-state index < -0.39 is 37.6 Å². The van der Waals surface area contributed by atoms with Gasteiger partial charge in [-0.25, -0.2) is 4.39 Å². The minimum Gasteiger partial charge on any atom is -0.350 e. The van der Waals surface area contributed by atoms with Crippen LogP contribution in [-0.2, 0) is 20.3 Å². The molecule has 1 aromatic carbocycles. The Hall–Kier alpha value is -3.60. The fourth-order valence-electron chi connectivity index (χ4n) is 6.34. The second-order valence-corrected chi connectivity index (χ2v) is 12.9. The predicted molar refractivity (Wildman–Crippen MR) is 146 cm³/mol. The first-order chi connectivity index (χ1) is 19.6. The van der Waals surface area contributed by atoms with Gasteiger partial charge in [0, 0.05) is 53.9 Å². The van der Waals surface area contributed by atoms with Crippen LogP contribution in [0.4, 0.5) is 4.39 Å². The number of aromatic nitrogens is 2. The van der Waals surface area contributed by atoms with Crippen LogP contribution >= 0.6 is 7.60 Å². The number of hydrogen-bond donors (Lipinski definition) is 4. The van der Waals surface area contributed by atoms with E-state index in [1.165, 1.54) is 12.1 Å². The van der Waals surface area contributed by atoms with Crippen LogP contribution in [0.3, 0.4) is 0 Å². The lowest BCUT2D eigenvalue weighted by molar-refractivity contribution is -0.148. The number of rotatable bonds is 6. The highest BCUT2D eigenvalue weighted by molar-refractivity contribution is 7.50. The van der Waals surface area contributed by atoms with Gasteiger partial charge in [-0.1, -0.05) is 6.07 Å². The molecule has 2 aromatic heterocycles. The van der Waals surface area contributed by atoms with Gasteiger partial charge in [0.2, 0.25) is 11.8 Å². The zero-order valence-corrected chi connectivity index (χ0v) is 23.1. The molecular weight excluding hydrogens is 552 g/mol. The molecule has 3 aliphatic heterocycles. The van der Waals surface area contributed by atoms with Crippen LogP contribution in [-0.4, -0.2) is 78.5 Å². The minimum absolute atomic E-state index is 0.0442. The number of aromatic amines is 1. The molecule has 216 valence electrons. The second kappa shape index (κ2) is 10.7. The Bertz CT molecular complexity index is 1550. The Labute approximate surface area is 235 Å². The maximum atomic E-state index is 14.4. The molecule has 41 heavy (non-hydrogen) atoms. The number of carbonyl (C=O) groups is 3. The number of halogens is 1. The van der Waals surface area contributed by atoms with Crippen LogP contribution < -0.4 is 5.32 Å². The van der Waals surface area contributed by atoms with E-state index in [-0.39, 0.29) is 35.0 Å². The van der Waals surface area contributed by atoms with Gasteiger partial charge in [-0.15, -0.1) is 0 Å². The topological polar surface area (TPSA) is 156 Å². The Morgan fingerprint density at radius 2 is 1.95 bits per heavy atom. The summed E-state index contributed by atoms with van der Waals surface area (Å²) in [6, 6.07) is 6.32. The zero-order chi connectivity index (χ0) is 28.9. The number of fused-ring (bicyclic) bond motifs is 2. The van der Waals surface area contributed by atoms with E-state index in [0.717, 1.165) is 30.9 Å². The van der Waals surface area contributed by atoms with E-state index >= 15 is 0 Å². The van der Waals surface area contributed by atoms with E-state index in [4.69, 9.17) is 0 Å². The number of carbonyl (C=O) groups excluding carboxylic acids is 3. The van der Waals surface area contributed by atoms with Crippen molar-refractivity contribution in [3.8, 4) is 0 Å². The van der Waals surface area contributed by atoms with Gasteiger partial charge in [-0.3, -0.25) is 23.9 Å². The summed E-state index contributed by atoms with van der Waals surface area (Å²) in [4.78, 5) is 69.3. The summed E-state index contributed by atoms with van der Waals surface area (Å²) >= 11 is 0. The smallest absolute Gasteiger partial charge is 0.330 e. The molecule has 3 saturated heterocycles. The highest BCUT2D eigenvalue weighted by atomic mass is 31.2. The molecule has 0 spiro atoms. The summed E-state index contributed by atoms with van der Waals surface area (Å²) in [6.45, 7) is 1.18. The van der Waals surface area contributed by atoms with E-state index in [1.54, 1.807) is 16.0 Å². The van der Waals surface area contributed by atoms with E-state index in [9.17, 15) is 33.1 Å². The Kier molecular flexibility index (Phi) is 7.17. The Morgan fingerprint density at radius 3 is 2.68 bits per heavy atom. The van der Waals surface area contributed by atoms with Gasteiger partial charge in [0.1, 0.15) is 23.6 Å². The van der Waals surface area contributed by atoms with Crippen molar-refractivity contribution in [3.05, 3.63) is 65.4 Å². The van der Waals surface area contributed by atoms with Crippen LogP contribution in [0, 0.1) is 5.82 Å².